The van der Waals surface area contributed by atoms with E-state index in [4.69, 9.17) is 4.52 Å². The van der Waals surface area contributed by atoms with Gasteiger partial charge in [-0.15, -0.1) is 0 Å². The van der Waals surface area contributed by atoms with Crippen LogP contribution in [0.4, 0.5) is 0 Å². The van der Waals surface area contributed by atoms with Crippen molar-refractivity contribution >= 4 is 11.0 Å². The highest BCUT2D eigenvalue weighted by molar-refractivity contribution is 5.80. The molecule has 110 valence electrons. The summed E-state index contributed by atoms with van der Waals surface area (Å²) in [4.78, 5) is 8.84. The van der Waals surface area contributed by atoms with E-state index < -0.39 is 0 Å². The van der Waals surface area contributed by atoms with Crippen molar-refractivity contribution in [1.82, 2.24) is 25.0 Å². The van der Waals surface area contributed by atoms with Gasteiger partial charge in [-0.05, 0) is 24.2 Å². The van der Waals surface area contributed by atoms with Gasteiger partial charge in [0.25, 0.3) is 0 Å². The van der Waals surface area contributed by atoms with E-state index in [1.165, 1.54) is 5.56 Å². The molecule has 0 atom stereocenters. The first kappa shape index (κ1) is 13.8. The van der Waals surface area contributed by atoms with Crippen LogP contribution in [0.25, 0.3) is 11.0 Å². The number of hydrogen-bond acceptors (Lipinski definition) is 5. The Bertz CT molecular complexity index is 731. The van der Waals surface area contributed by atoms with Crippen LogP contribution in [0.3, 0.4) is 0 Å². The zero-order chi connectivity index (χ0) is 14.7. The maximum absolute atomic E-state index is 5.27. The molecule has 0 saturated heterocycles. The van der Waals surface area contributed by atoms with Gasteiger partial charge in [0, 0.05) is 30.7 Å². The third-order valence-corrected chi connectivity index (χ3v) is 3.41. The number of rotatable bonds is 6. The predicted molar refractivity (Wildman–Crippen MR) is 79.9 cm³/mol. The summed E-state index contributed by atoms with van der Waals surface area (Å²) in [5, 5.41) is 8.45. The van der Waals surface area contributed by atoms with Crippen LogP contribution in [0.5, 0.6) is 0 Å². The molecule has 21 heavy (non-hydrogen) atoms. The Morgan fingerprint density at radius 2 is 2.24 bits per heavy atom. The summed E-state index contributed by atoms with van der Waals surface area (Å²) in [5.74, 6) is 1.35. The van der Waals surface area contributed by atoms with Crippen molar-refractivity contribution in [2.24, 2.45) is 0 Å². The quantitative estimate of drug-likeness (QED) is 0.751. The molecule has 3 heterocycles. The molecule has 0 saturated carbocycles. The molecule has 0 amide bonds. The van der Waals surface area contributed by atoms with Crippen molar-refractivity contribution < 1.29 is 4.52 Å². The first-order chi connectivity index (χ1) is 10.3. The van der Waals surface area contributed by atoms with E-state index in [0.717, 1.165) is 36.4 Å². The number of aromatic nitrogens is 4. The Kier molecular flexibility index (Phi) is 3.96. The van der Waals surface area contributed by atoms with Crippen LogP contribution in [0.1, 0.15) is 31.1 Å². The summed E-state index contributed by atoms with van der Waals surface area (Å²) in [6.07, 6.45) is 4.69. The van der Waals surface area contributed by atoms with Gasteiger partial charge >= 0.3 is 0 Å². The van der Waals surface area contributed by atoms with Gasteiger partial charge in [0.05, 0.1) is 0 Å². The lowest BCUT2D eigenvalue weighted by Crippen LogP contribution is -2.11. The maximum atomic E-state index is 5.27. The van der Waals surface area contributed by atoms with Crippen molar-refractivity contribution in [2.75, 3.05) is 6.54 Å². The zero-order valence-electron chi connectivity index (χ0n) is 12.3. The fourth-order valence-electron chi connectivity index (χ4n) is 2.36. The molecule has 0 radical (unpaired) electrons. The highest BCUT2D eigenvalue weighted by Crippen LogP contribution is 2.20. The number of nitrogens with zero attached hydrogens (tertiary/aromatic N) is 4. The zero-order valence-corrected chi connectivity index (χ0v) is 12.3. The minimum absolute atomic E-state index is 0.548. The number of fused-ring (bicyclic) bond motifs is 1. The third-order valence-electron chi connectivity index (χ3n) is 3.41. The minimum Gasteiger partial charge on any atom is -0.337 e. The molecule has 0 unspecified atom stereocenters. The highest BCUT2D eigenvalue weighted by Gasteiger charge is 2.12. The summed E-state index contributed by atoms with van der Waals surface area (Å²) in [6, 6.07) is 4.06. The van der Waals surface area contributed by atoms with E-state index in [-0.39, 0.29) is 0 Å². The van der Waals surface area contributed by atoms with Crippen molar-refractivity contribution in [3.63, 3.8) is 0 Å². The molecule has 3 rings (SSSR count). The fourth-order valence-corrected chi connectivity index (χ4v) is 2.36. The van der Waals surface area contributed by atoms with Crippen molar-refractivity contribution in [3.05, 3.63) is 41.8 Å². The molecule has 0 bridgehead atoms. The molecule has 3 aromatic rings. The molecule has 0 aliphatic rings. The van der Waals surface area contributed by atoms with Gasteiger partial charge in [-0.2, -0.15) is 4.98 Å². The lowest BCUT2D eigenvalue weighted by Gasteiger charge is -1.99. The fraction of sp³-hybridized carbons (Fsp3) is 0.400. The second kappa shape index (κ2) is 6.05. The van der Waals surface area contributed by atoms with Crippen molar-refractivity contribution in [2.45, 2.75) is 33.4 Å². The van der Waals surface area contributed by atoms with Gasteiger partial charge in [0.2, 0.25) is 5.89 Å². The van der Waals surface area contributed by atoms with E-state index in [0.29, 0.717) is 12.4 Å². The first-order valence-corrected chi connectivity index (χ1v) is 7.26. The minimum atomic E-state index is 0.548. The summed E-state index contributed by atoms with van der Waals surface area (Å²) in [7, 11) is 0. The number of hydrogen-bond donors (Lipinski definition) is 1. The summed E-state index contributed by atoms with van der Waals surface area (Å²) in [5.41, 5.74) is 2.18. The second-order valence-corrected chi connectivity index (χ2v) is 4.90. The molecular formula is C15H19N5O. The summed E-state index contributed by atoms with van der Waals surface area (Å²) >= 11 is 0. The first-order valence-electron chi connectivity index (χ1n) is 7.26. The number of aryl methyl sites for hydroxylation is 1. The van der Waals surface area contributed by atoms with E-state index >= 15 is 0 Å². The Balaban J connectivity index is 1.93. The molecule has 0 aliphatic heterocycles. The predicted octanol–water partition coefficient (Wildman–Crippen LogP) is 2.14. The molecule has 6 nitrogen and oxygen atoms in total. The molecule has 0 fully saturated rings. The van der Waals surface area contributed by atoms with Crippen LogP contribution >= 0.6 is 0 Å². The second-order valence-electron chi connectivity index (χ2n) is 4.90. The van der Waals surface area contributed by atoms with E-state index in [2.05, 4.69) is 44.2 Å². The van der Waals surface area contributed by atoms with Crippen LogP contribution in [-0.4, -0.2) is 26.2 Å². The number of nitrogens with one attached hydrogen (secondary N) is 1. The molecule has 1 N–H and O–H groups in total. The standard InChI is InChI=1S/C15H19N5O/c1-3-13-18-14(21-19-13)10-20-9-11(8-16-4-2)12-6-5-7-17-15(12)20/h5-7,9,16H,3-4,8,10H2,1-2H3. The topological polar surface area (TPSA) is 68.8 Å². The van der Waals surface area contributed by atoms with Crippen molar-refractivity contribution in [1.29, 1.82) is 0 Å². The van der Waals surface area contributed by atoms with E-state index in [1.807, 2.05) is 13.0 Å². The molecule has 0 spiro atoms. The summed E-state index contributed by atoms with van der Waals surface area (Å²) < 4.78 is 7.34. The van der Waals surface area contributed by atoms with E-state index in [1.54, 1.807) is 6.20 Å². The third kappa shape index (κ3) is 2.80. The van der Waals surface area contributed by atoms with Gasteiger partial charge in [-0.25, -0.2) is 4.98 Å². The van der Waals surface area contributed by atoms with Crippen LogP contribution in [0, 0.1) is 0 Å². The normalized spacial score (nSPS) is 11.3. The van der Waals surface area contributed by atoms with Crippen LogP contribution in [0.2, 0.25) is 0 Å². The van der Waals surface area contributed by atoms with E-state index in [9.17, 15) is 0 Å². The van der Waals surface area contributed by atoms with Gasteiger partial charge in [0.1, 0.15) is 12.2 Å². The van der Waals surface area contributed by atoms with Crippen LogP contribution in [0.15, 0.2) is 29.0 Å². The molecule has 0 aromatic carbocycles. The Morgan fingerprint density at radius 1 is 1.33 bits per heavy atom. The van der Waals surface area contributed by atoms with Gasteiger partial charge < -0.3 is 14.4 Å². The lowest BCUT2D eigenvalue weighted by molar-refractivity contribution is 0.367. The van der Waals surface area contributed by atoms with Crippen LogP contribution in [-0.2, 0) is 19.5 Å². The molecule has 3 aromatic heterocycles. The molecule has 0 aliphatic carbocycles. The Labute approximate surface area is 123 Å². The van der Waals surface area contributed by atoms with Crippen molar-refractivity contribution in [3.8, 4) is 0 Å². The van der Waals surface area contributed by atoms with Gasteiger partial charge in [0.15, 0.2) is 5.82 Å². The average Bonchev–Trinajstić information content (AvgIpc) is 3.11. The molecular weight excluding hydrogens is 266 g/mol. The Morgan fingerprint density at radius 3 is 3.00 bits per heavy atom. The highest BCUT2D eigenvalue weighted by atomic mass is 16.5. The largest absolute Gasteiger partial charge is 0.337 e. The molecule has 6 heteroatoms. The smallest absolute Gasteiger partial charge is 0.246 e. The SMILES string of the molecule is CCNCc1cn(Cc2nc(CC)no2)c2ncccc12. The van der Waals surface area contributed by atoms with Crippen LogP contribution < -0.4 is 5.32 Å². The average molecular weight is 285 g/mol. The summed E-state index contributed by atoms with van der Waals surface area (Å²) in [6.45, 7) is 6.43. The monoisotopic (exact) mass is 285 g/mol. The lowest BCUT2D eigenvalue weighted by atomic mass is 10.2. The maximum Gasteiger partial charge on any atom is 0.246 e. The van der Waals surface area contributed by atoms with Gasteiger partial charge in [-0.1, -0.05) is 19.0 Å². The van der Waals surface area contributed by atoms with Gasteiger partial charge in [-0.3, -0.25) is 0 Å². The Hall–Kier alpha value is -2.21. The number of pyridine rings is 1.